The average molecular weight is 344 g/mol. The van der Waals surface area contributed by atoms with Crippen molar-refractivity contribution in [1.82, 2.24) is 0 Å². The molecule has 0 fully saturated rings. The van der Waals surface area contributed by atoms with Gasteiger partial charge in [0.05, 0.1) is 0 Å². The molecular formula is C18H19NOSe. The van der Waals surface area contributed by atoms with Gasteiger partial charge in [0.25, 0.3) is 0 Å². The molecule has 0 spiro atoms. The third-order valence-electron chi connectivity index (χ3n) is 4.09. The van der Waals surface area contributed by atoms with Crippen molar-refractivity contribution in [1.29, 1.82) is 0 Å². The Morgan fingerprint density at radius 1 is 1.05 bits per heavy atom. The summed E-state index contributed by atoms with van der Waals surface area (Å²) in [5.41, 5.74) is 1.91. The molecular weight excluding hydrogens is 325 g/mol. The van der Waals surface area contributed by atoms with Gasteiger partial charge >= 0.3 is 132 Å². The molecule has 1 aliphatic heterocycles. The van der Waals surface area contributed by atoms with Gasteiger partial charge in [0.2, 0.25) is 0 Å². The summed E-state index contributed by atoms with van der Waals surface area (Å²) in [7, 11) is 0. The van der Waals surface area contributed by atoms with Crippen molar-refractivity contribution >= 4 is 31.0 Å². The Morgan fingerprint density at radius 2 is 1.71 bits per heavy atom. The van der Waals surface area contributed by atoms with Gasteiger partial charge in [-0.05, 0) is 0 Å². The van der Waals surface area contributed by atoms with Crippen LogP contribution >= 0.6 is 0 Å². The van der Waals surface area contributed by atoms with Crippen LogP contribution in [0, 0.1) is 0 Å². The number of carbonyl (C=O) groups excluding carboxylic acids is 1. The zero-order valence-corrected chi connectivity index (χ0v) is 14.1. The number of fused-ring (bicyclic) bond motifs is 1. The van der Waals surface area contributed by atoms with E-state index in [-0.39, 0.29) is 11.3 Å². The van der Waals surface area contributed by atoms with Crippen LogP contribution < -0.4 is 9.36 Å². The number of amides is 1. The molecule has 0 aromatic heterocycles. The summed E-state index contributed by atoms with van der Waals surface area (Å²) in [5.74, 6) is 0.254. The van der Waals surface area contributed by atoms with Crippen LogP contribution in [0.3, 0.4) is 0 Å². The fourth-order valence-corrected chi connectivity index (χ4v) is 5.17. The summed E-state index contributed by atoms with van der Waals surface area (Å²) in [5, 5.41) is 0.913. The zero-order chi connectivity index (χ0) is 14.9. The number of para-hydroxylation sites is 1. The number of anilines is 1. The maximum absolute atomic E-state index is 12.9. The first-order chi connectivity index (χ1) is 10.2. The normalized spacial score (nSPS) is 20.7. The predicted molar refractivity (Wildman–Crippen MR) is 88.5 cm³/mol. The molecule has 0 radical (unpaired) electrons. The quantitative estimate of drug-likeness (QED) is 0.781. The van der Waals surface area contributed by atoms with Gasteiger partial charge in [0, 0.05) is 0 Å². The molecule has 0 bridgehead atoms. The summed E-state index contributed by atoms with van der Waals surface area (Å²) >= 11 is 0.308. The number of hydrogen-bond acceptors (Lipinski definition) is 1. The first-order valence-corrected chi connectivity index (χ1v) is 9.33. The third-order valence-corrected chi connectivity index (χ3v) is 6.88. The van der Waals surface area contributed by atoms with E-state index in [0.717, 1.165) is 17.6 Å². The second kappa shape index (κ2) is 5.67. The van der Waals surface area contributed by atoms with E-state index in [1.807, 2.05) is 30.0 Å². The number of rotatable bonds is 4. The van der Waals surface area contributed by atoms with Crippen LogP contribution in [0.4, 0.5) is 5.69 Å². The molecule has 2 aromatic carbocycles. The Balaban J connectivity index is 1.91. The number of benzene rings is 2. The van der Waals surface area contributed by atoms with Crippen LogP contribution in [-0.4, -0.2) is 27.4 Å². The van der Waals surface area contributed by atoms with E-state index in [1.54, 1.807) is 0 Å². The van der Waals surface area contributed by atoms with Gasteiger partial charge in [0.1, 0.15) is 0 Å². The second-order valence-electron chi connectivity index (χ2n) is 5.50. The standard InChI is InChI=1S/C18H19NOSe/c1-3-19-16-12-8-7-11-15(16)18(2,17(19)20)13-21-14-9-5-4-6-10-14/h4-12H,3,13H2,1-2H3/t18-/m0/s1. The number of carbonyl (C=O) groups is 1. The molecule has 108 valence electrons. The van der Waals surface area contributed by atoms with E-state index < -0.39 is 0 Å². The van der Waals surface area contributed by atoms with Crippen molar-refractivity contribution in [3.05, 3.63) is 60.2 Å². The molecule has 1 amide bonds. The van der Waals surface area contributed by atoms with Crippen molar-refractivity contribution in [2.75, 3.05) is 11.4 Å². The molecule has 3 rings (SSSR count). The third kappa shape index (κ3) is 2.41. The Kier molecular flexibility index (Phi) is 3.88. The predicted octanol–water partition coefficient (Wildman–Crippen LogP) is 2.76. The first kappa shape index (κ1) is 14.4. The van der Waals surface area contributed by atoms with Crippen molar-refractivity contribution in [3.8, 4) is 0 Å². The van der Waals surface area contributed by atoms with Crippen molar-refractivity contribution in [3.63, 3.8) is 0 Å². The Bertz CT molecular complexity index is 655. The molecule has 0 saturated heterocycles. The van der Waals surface area contributed by atoms with Gasteiger partial charge < -0.3 is 0 Å². The topological polar surface area (TPSA) is 20.3 Å². The van der Waals surface area contributed by atoms with Gasteiger partial charge in [-0.3, -0.25) is 0 Å². The average Bonchev–Trinajstić information content (AvgIpc) is 2.75. The molecule has 2 nitrogen and oxygen atoms in total. The van der Waals surface area contributed by atoms with E-state index in [2.05, 4.69) is 43.3 Å². The maximum atomic E-state index is 12.9. The molecule has 1 atom stereocenters. The summed E-state index contributed by atoms with van der Waals surface area (Å²) < 4.78 is 1.35. The van der Waals surface area contributed by atoms with Crippen LogP contribution in [0.2, 0.25) is 5.32 Å². The zero-order valence-electron chi connectivity index (χ0n) is 12.4. The molecule has 1 aliphatic rings. The van der Waals surface area contributed by atoms with E-state index in [4.69, 9.17) is 0 Å². The Hall–Kier alpha value is -1.57. The molecule has 0 aliphatic carbocycles. The monoisotopic (exact) mass is 345 g/mol. The SMILES string of the molecule is CCN1C(=O)[C@@](C)(C[Se]c2ccccc2)c2ccccc21. The van der Waals surface area contributed by atoms with E-state index in [0.29, 0.717) is 15.0 Å². The number of likely N-dealkylation sites (N-methyl/N-ethyl adjacent to an activating group) is 1. The van der Waals surface area contributed by atoms with Crippen LogP contribution in [0.1, 0.15) is 19.4 Å². The van der Waals surface area contributed by atoms with E-state index >= 15 is 0 Å². The molecule has 3 heteroatoms. The van der Waals surface area contributed by atoms with Crippen molar-refractivity contribution < 1.29 is 4.79 Å². The summed E-state index contributed by atoms with van der Waals surface area (Å²) in [6.45, 7) is 4.89. The van der Waals surface area contributed by atoms with Gasteiger partial charge in [-0.15, -0.1) is 0 Å². The fourth-order valence-electron chi connectivity index (χ4n) is 2.90. The molecule has 21 heavy (non-hydrogen) atoms. The molecule has 0 saturated carbocycles. The van der Waals surface area contributed by atoms with Crippen molar-refractivity contribution in [2.24, 2.45) is 0 Å². The summed E-state index contributed by atoms with van der Waals surface area (Å²) in [6.07, 6.45) is 0. The number of nitrogens with zero attached hydrogens (tertiary/aromatic N) is 1. The fraction of sp³-hybridized carbons (Fsp3) is 0.278. The first-order valence-electron chi connectivity index (χ1n) is 7.26. The molecule has 0 N–H and O–H groups in total. The van der Waals surface area contributed by atoms with Crippen LogP contribution in [0.15, 0.2) is 54.6 Å². The molecule has 2 aromatic rings. The van der Waals surface area contributed by atoms with Crippen molar-refractivity contribution in [2.45, 2.75) is 24.6 Å². The van der Waals surface area contributed by atoms with E-state index in [1.165, 1.54) is 10.0 Å². The minimum absolute atomic E-state index is 0.254. The number of hydrogen-bond donors (Lipinski definition) is 0. The Morgan fingerprint density at radius 3 is 2.43 bits per heavy atom. The summed E-state index contributed by atoms with van der Waals surface area (Å²) in [4.78, 5) is 14.8. The van der Waals surface area contributed by atoms with Crippen LogP contribution in [-0.2, 0) is 10.2 Å². The van der Waals surface area contributed by atoms with Crippen LogP contribution in [0.5, 0.6) is 0 Å². The minimum atomic E-state index is -0.373. The van der Waals surface area contributed by atoms with Gasteiger partial charge in [0.15, 0.2) is 0 Å². The van der Waals surface area contributed by atoms with E-state index in [9.17, 15) is 4.79 Å². The van der Waals surface area contributed by atoms with Crippen LogP contribution in [0.25, 0.3) is 0 Å². The second-order valence-corrected chi connectivity index (χ2v) is 7.70. The van der Waals surface area contributed by atoms with Gasteiger partial charge in [-0.25, -0.2) is 0 Å². The molecule has 1 heterocycles. The van der Waals surface area contributed by atoms with Gasteiger partial charge in [-0.2, -0.15) is 0 Å². The molecule has 0 unspecified atom stereocenters. The van der Waals surface area contributed by atoms with Gasteiger partial charge in [-0.1, -0.05) is 0 Å². The summed E-state index contributed by atoms with van der Waals surface area (Å²) in [6, 6.07) is 18.7. The Labute approximate surface area is 132 Å².